The third-order valence-corrected chi connectivity index (χ3v) is 5.95. The van der Waals surface area contributed by atoms with E-state index in [1.807, 2.05) is 0 Å². The van der Waals surface area contributed by atoms with E-state index in [2.05, 4.69) is 5.32 Å². The largest absolute Gasteiger partial charge is 0.486 e. The van der Waals surface area contributed by atoms with E-state index in [9.17, 15) is 13.2 Å². The lowest BCUT2D eigenvalue weighted by Crippen LogP contribution is -2.45. The normalized spacial score (nSPS) is 14.3. The molecule has 0 spiro atoms. The van der Waals surface area contributed by atoms with Gasteiger partial charge in [0.25, 0.3) is 0 Å². The van der Waals surface area contributed by atoms with Crippen LogP contribution in [0.3, 0.4) is 0 Å². The van der Waals surface area contributed by atoms with E-state index in [1.54, 1.807) is 30.3 Å². The summed E-state index contributed by atoms with van der Waals surface area (Å²) >= 11 is 12.2. The van der Waals surface area contributed by atoms with Crippen LogP contribution >= 0.6 is 23.2 Å². The summed E-state index contributed by atoms with van der Waals surface area (Å²) < 4.78 is 36.9. The van der Waals surface area contributed by atoms with Crippen molar-refractivity contribution in [2.45, 2.75) is 13.0 Å². The second-order valence-corrected chi connectivity index (χ2v) is 8.82. The molecule has 150 valence electrons. The highest BCUT2D eigenvalue weighted by Gasteiger charge is 2.31. The Bertz CT molecular complexity index is 993. The summed E-state index contributed by atoms with van der Waals surface area (Å²) in [6.07, 6.45) is 1.02. The molecule has 2 aromatic carbocycles. The molecule has 0 fully saturated rings. The van der Waals surface area contributed by atoms with Gasteiger partial charge in [-0.05, 0) is 31.2 Å². The van der Waals surface area contributed by atoms with Crippen molar-refractivity contribution in [1.29, 1.82) is 0 Å². The standard InChI is InChI=1S/C18H18Cl2N2O5S/c1-11(18(23)21-17-13(19)4-3-5-14(17)20)22(28(2,24)25)12-6-7-15-16(10-12)27-9-8-26-15/h3-7,10-11H,8-9H2,1-2H3,(H,21,23)/t11-/m0/s1. The third kappa shape index (κ3) is 4.29. The molecule has 0 unspecified atom stereocenters. The van der Waals surface area contributed by atoms with Crippen LogP contribution in [0.1, 0.15) is 6.92 Å². The number of nitrogens with zero attached hydrogens (tertiary/aromatic N) is 1. The van der Waals surface area contributed by atoms with Crippen molar-refractivity contribution >= 4 is 50.5 Å². The number of ether oxygens (including phenoxy) is 2. The highest BCUT2D eigenvalue weighted by Crippen LogP contribution is 2.36. The highest BCUT2D eigenvalue weighted by atomic mass is 35.5. The molecule has 0 bridgehead atoms. The van der Waals surface area contributed by atoms with Crippen LogP contribution in [0.25, 0.3) is 0 Å². The van der Waals surface area contributed by atoms with Gasteiger partial charge in [0, 0.05) is 6.07 Å². The predicted molar refractivity (Wildman–Crippen MR) is 109 cm³/mol. The predicted octanol–water partition coefficient (Wildman–Crippen LogP) is 3.56. The highest BCUT2D eigenvalue weighted by molar-refractivity contribution is 7.92. The number of carbonyl (C=O) groups excluding carboxylic acids is 1. The van der Waals surface area contributed by atoms with Crippen LogP contribution in [-0.2, 0) is 14.8 Å². The molecule has 1 atom stereocenters. The zero-order valence-corrected chi connectivity index (χ0v) is 17.4. The zero-order valence-electron chi connectivity index (χ0n) is 15.1. The van der Waals surface area contributed by atoms with Gasteiger partial charge in [0.1, 0.15) is 19.3 Å². The molecule has 0 saturated carbocycles. The van der Waals surface area contributed by atoms with Gasteiger partial charge in [-0.2, -0.15) is 0 Å². The maximum absolute atomic E-state index is 12.8. The fraction of sp³-hybridized carbons (Fsp3) is 0.278. The molecule has 1 N–H and O–H groups in total. The summed E-state index contributed by atoms with van der Waals surface area (Å²) in [6, 6.07) is 8.40. The summed E-state index contributed by atoms with van der Waals surface area (Å²) in [5, 5.41) is 3.09. The van der Waals surface area contributed by atoms with Gasteiger partial charge in [-0.25, -0.2) is 8.42 Å². The van der Waals surface area contributed by atoms with Crippen LogP contribution in [0.4, 0.5) is 11.4 Å². The number of rotatable bonds is 5. The Hall–Kier alpha value is -2.16. The van der Waals surface area contributed by atoms with Gasteiger partial charge in [0.05, 0.1) is 27.7 Å². The first-order valence-corrected chi connectivity index (χ1v) is 10.9. The molecule has 10 heteroatoms. The number of fused-ring (bicyclic) bond motifs is 1. The van der Waals surface area contributed by atoms with Gasteiger partial charge in [0.2, 0.25) is 15.9 Å². The number of nitrogens with one attached hydrogen (secondary N) is 1. The number of amides is 1. The fourth-order valence-electron chi connectivity index (χ4n) is 2.82. The first kappa shape index (κ1) is 20.6. The van der Waals surface area contributed by atoms with Gasteiger partial charge in [0.15, 0.2) is 11.5 Å². The molecule has 1 amide bonds. The van der Waals surface area contributed by atoms with Crippen LogP contribution in [0.15, 0.2) is 36.4 Å². The lowest BCUT2D eigenvalue weighted by molar-refractivity contribution is -0.116. The molecule has 28 heavy (non-hydrogen) atoms. The number of carbonyl (C=O) groups is 1. The smallest absolute Gasteiger partial charge is 0.248 e. The van der Waals surface area contributed by atoms with Crippen LogP contribution in [-0.4, -0.2) is 39.8 Å². The molecule has 0 radical (unpaired) electrons. The van der Waals surface area contributed by atoms with Crippen molar-refractivity contribution in [3.8, 4) is 11.5 Å². The van der Waals surface area contributed by atoms with Gasteiger partial charge in [-0.15, -0.1) is 0 Å². The van der Waals surface area contributed by atoms with Crippen LogP contribution in [0.2, 0.25) is 10.0 Å². The van der Waals surface area contributed by atoms with Crippen molar-refractivity contribution in [2.75, 3.05) is 29.1 Å². The van der Waals surface area contributed by atoms with E-state index < -0.39 is 22.0 Å². The van der Waals surface area contributed by atoms with Crippen LogP contribution in [0.5, 0.6) is 11.5 Å². The number of benzene rings is 2. The maximum atomic E-state index is 12.8. The summed E-state index contributed by atoms with van der Waals surface area (Å²) in [7, 11) is -3.79. The van der Waals surface area contributed by atoms with E-state index >= 15 is 0 Å². The van der Waals surface area contributed by atoms with Gasteiger partial charge >= 0.3 is 0 Å². The summed E-state index contributed by atoms with van der Waals surface area (Å²) in [5.41, 5.74) is 0.498. The number of anilines is 2. The number of hydrogen-bond acceptors (Lipinski definition) is 5. The van der Waals surface area contributed by atoms with Gasteiger partial charge < -0.3 is 14.8 Å². The molecule has 1 aliphatic heterocycles. The topological polar surface area (TPSA) is 84.9 Å². The molecule has 3 rings (SSSR count). The molecule has 2 aromatic rings. The molecule has 0 saturated heterocycles. The molecule has 0 aliphatic carbocycles. The number of halogens is 2. The number of sulfonamides is 1. The van der Waals surface area contributed by atoms with Crippen molar-refractivity contribution in [3.63, 3.8) is 0 Å². The summed E-state index contributed by atoms with van der Waals surface area (Å²) in [5.74, 6) is 0.345. The first-order chi connectivity index (χ1) is 13.2. The van der Waals surface area contributed by atoms with E-state index in [-0.39, 0.29) is 21.4 Å². The minimum atomic E-state index is -3.79. The second-order valence-electron chi connectivity index (χ2n) is 6.15. The molecule has 1 aliphatic rings. The van der Waals surface area contributed by atoms with Crippen LogP contribution < -0.4 is 19.1 Å². The zero-order chi connectivity index (χ0) is 20.5. The molecule has 1 heterocycles. The molecule has 7 nitrogen and oxygen atoms in total. The van der Waals surface area contributed by atoms with Crippen molar-refractivity contribution in [2.24, 2.45) is 0 Å². The van der Waals surface area contributed by atoms with Crippen LogP contribution in [0, 0.1) is 0 Å². The van der Waals surface area contributed by atoms with Crippen molar-refractivity contribution < 1.29 is 22.7 Å². The van der Waals surface area contributed by atoms with Crippen molar-refractivity contribution in [3.05, 3.63) is 46.4 Å². The molecular weight excluding hydrogens is 427 g/mol. The fourth-order valence-corrected chi connectivity index (χ4v) is 4.48. The molecule has 0 aromatic heterocycles. The Morgan fingerprint density at radius 2 is 1.71 bits per heavy atom. The lowest BCUT2D eigenvalue weighted by Gasteiger charge is -2.29. The third-order valence-electron chi connectivity index (χ3n) is 4.08. The van der Waals surface area contributed by atoms with E-state index in [4.69, 9.17) is 32.7 Å². The van der Waals surface area contributed by atoms with E-state index in [0.717, 1.165) is 10.6 Å². The Labute approximate surface area is 173 Å². The average molecular weight is 445 g/mol. The Morgan fingerprint density at radius 3 is 2.32 bits per heavy atom. The van der Waals surface area contributed by atoms with Crippen molar-refractivity contribution in [1.82, 2.24) is 0 Å². The SMILES string of the molecule is C[C@@H](C(=O)Nc1c(Cl)cccc1Cl)N(c1ccc2c(c1)OCCO2)S(C)(=O)=O. The number of hydrogen-bond donors (Lipinski definition) is 1. The quantitative estimate of drug-likeness (QED) is 0.761. The minimum Gasteiger partial charge on any atom is -0.486 e. The Morgan fingerprint density at radius 1 is 1.11 bits per heavy atom. The van der Waals surface area contributed by atoms with E-state index in [0.29, 0.717) is 24.7 Å². The average Bonchev–Trinajstić information content (AvgIpc) is 2.63. The summed E-state index contributed by atoms with van der Waals surface area (Å²) in [4.78, 5) is 12.8. The molecular formula is C18H18Cl2N2O5S. The second kappa shape index (κ2) is 8.06. The van der Waals surface area contributed by atoms with E-state index in [1.165, 1.54) is 13.0 Å². The summed E-state index contributed by atoms with van der Waals surface area (Å²) in [6.45, 7) is 2.24. The first-order valence-electron chi connectivity index (χ1n) is 8.32. The Kier molecular flexibility index (Phi) is 5.92. The number of para-hydroxylation sites is 1. The minimum absolute atomic E-state index is 0.221. The van der Waals surface area contributed by atoms with Gasteiger partial charge in [-0.1, -0.05) is 29.3 Å². The Balaban J connectivity index is 1.93. The lowest BCUT2D eigenvalue weighted by atomic mass is 10.2. The monoisotopic (exact) mass is 444 g/mol. The maximum Gasteiger partial charge on any atom is 0.248 e. The van der Waals surface area contributed by atoms with Gasteiger partial charge in [-0.3, -0.25) is 9.10 Å².